The van der Waals surface area contributed by atoms with Crippen molar-refractivity contribution >= 4 is 15.9 Å². The Morgan fingerprint density at radius 1 is 1.00 bits per heavy atom. The number of amides is 1. The van der Waals surface area contributed by atoms with Gasteiger partial charge in [-0.15, -0.1) is 0 Å². The molecular weight excluding hydrogens is 431 g/mol. The maximum absolute atomic E-state index is 13.1. The first-order chi connectivity index (χ1) is 15.3. The van der Waals surface area contributed by atoms with Crippen molar-refractivity contribution < 1.29 is 22.3 Å². The molecule has 0 spiro atoms. The zero-order valence-electron chi connectivity index (χ0n) is 17.8. The SMILES string of the molecule is COc1ccc(S(=O)(=O)NC(Cc2ccccc2)C(=O)NCc2ccc(F)cc2)cc1C. The fourth-order valence-corrected chi connectivity index (χ4v) is 4.51. The predicted octanol–water partition coefficient (Wildman–Crippen LogP) is 3.35. The highest BCUT2D eigenvalue weighted by molar-refractivity contribution is 7.89. The van der Waals surface area contributed by atoms with Crippen LogP contribution in [0.2, 0.25) is 0 Å². The van der Waals surface area contributed by atoms with Crippen molar-refractivity contribution in [1.29, 1.82) is 0 Å². The van der Waals surface area contributed by atoms with Crippen molar-refractivity contribution in [2.75, 3.05) is 7.11 Å². The lowest BCUT2D eigenvalue weighted by atomic mass is 10.1. The highest BCUT2D eigenvalue weighted by Gasteiger charge is 2.26. The Kier molecular flexibility index (Phi) is 7.61. The maximum atomic E-state index is 13.1. The van der Waals surface area contributed by atoms with Crippen molar-refractivity contribution in [2.45, 2.75) is 30.8 Å². The molecule has 0 saturated carbocycles. The van der Waals surface area contributed by atoms with Gasteiger partial charge in [-0.2, -0.15) is 4.72 Å². The standard InChI is InChI=1S/C24H25FN2O4S/c1-17-14-21(12-13-23(17)31-2)32(29,30)27-22(15-18-6-4-3-5-7-18)24(28)26-16-19-8-10-20(25)11-9-19/h3-14,22,27H,15-16H2,1-2H3,(H,26,28). The number of halogens is 1. The molecule has 3 aromatic carbocycles. The quantitative estimate of drug-likeness (QED) is 0.517. The van der Waals surface area contributed by atoms with Crippen LogP contribution in [0.3, 0.4) is 0 Å². The zero-order valence-corrected chi connectivity index (χ0v) is 18.7. The van der Waals surface area contributed by atoms with E-state index in [0.717, 1.165) is 5.56 Å². The van der Waals surface area contributed by atoms with Gasteiger partial charge in [0.25, 0.3) is 0 Å². The highest BCUT2D eigenvalue weighted by Crippen LogP contribution is 2.21. The lowest BCUT2D eigenvalue weighted by Gasteiger charge is -2.19. The molecule has 32 heavy (non-hydrogen) atoms. The minimum Gasteiger partial charge on any atom is -0.496 e. The van der Waals surface area contributed by atoms with Crippen molar-refractivity contribution in [3.63, 3.8) is 0 Å². The van der Waals surface area contributed by atoms with Gasteiger partial charge in [0.1, 0.15) is 17.6 Å². The Morgan fingerprint density at radius 3 is 2.31 bits per heavy atom. The number of carbonyl (C=O) groups is 1. The van der Waals surface area contributed by atoms with E-state index in [1.807, 2.05) is 30.3 Å². The van der Waals surface area contributed by atoms with E-state index in [-0.39, 0.29) is 23.7 Å². The Balaban J connectivity index is 1.80. The average Bonchev–Trinajstić information content (AvgIpc) is 2.78. The number of sulfonamides is 1. The second-order valence-corrected chi connectivity index (χ2v) is 9.05. The Hall–Kier alpha value is -3.23. The minimum absolute atomic E-state index is 0.0418. The molecule has 1 atom stereocenters. The summed E-state index contributed by atoms with van der Waals surface area (Å²) in [6.45, 7) is 1.89. The summed E-state index contributed by atoms with van der Waals surface area (Å²) in [5, 5.41) is 2.73. The lowest BCUT2D eigenvalue weighted by molar-refractivity contribution is -0.122. The van der Waals surface area contributed by atoms with E-state index in [9.17, 15) is 17.6 Å². The molecule has 3 rings (SSSR count). The third-order valence-corrected chi connectivity index (χ3v) is 6.42. The van der Waals surface area contributed by atoms with Gasteiger partial charge >= 0.3 is 0 Å². The minimum atomic E-state index is -3.98. The summed E-state index contributed by atoms with van der Waals surface area (Å²) in [6, 6.07) is 18.3. The number of rotatable bonds is 9. The molecule has 168 valence electrons. The first-order valence-corrected chi connectivity index (χ1v) is 11.5. The van der Waals surface area contributed by atoms with E-state index < -0.39 is 22.0 Å². The van der Waals surface area contributed by atoms with Crippen LogP contribution >= 0.6 is 0 Å². The second-order valence-electron chi connectivity index (χ2n) is 7.34. The first kappa shape index (κ1) is 23.4. The van der Waals surface area contributed by atoms with E-state index in [2.05, 4.69) is 10.0 Å². The van der Waals surface area contributed by atoms with Crippen LogP contribution in [-0.4, -0.2) is 27.5 Å². The molecule has 0 saturated heterocycles. The average molecular weight is 457 g/mol. The molecule has 0 fully saturated rings. The van der Waals surface area contributed by atoms with Crippen LogP contribution in [0, 0.1) is 12.7 Å². The molecular formula is C24H25FN2O4S. The normalized spacial score (nSPS) is 12.2. The fraction of sp³-hybridized carbons (Fsp3) is 0.208. The molecule has 6 nitrogen and oxygen atoms in total. The number of hydrogen-bond acceptors (Lipinski definition) is 4. The predicted molar refractivity (Wildman–Crippen MR) is 120 cm³/mol. The summed E-state index contributed by atoms with van der Waals surface area (Å²) in [5.41, 5.74) is 2.17. The molecule has 1 unspecified atom stereocenters. The van der Waals surface area contributed by atoms with Crippen LogP contribution in [0.4, 0.5) is 4.39 Å². The first-order valence-electron chi connectivity index (χ1n) is 10.0. The lowest BCUT2D eigenvalue weighted by Crippen LogP contribution is -2.47. The fourth-order valence-electron chi connectivity index (χ4n) is 3.23. The Morgan fingerprint density at radius 2 is 1.69 bits per heavy atom. The second kappa shape index (κ2) is 10.4. The third kappa shape index (κ3) is 6.15. The summed E-state index contributed by atoms with van der Waals surface area (Å²) >= 11 is 0. The molecule has 1 amide bonds. The number of ether oxygens (including phenoxy) is 1. The van der Waals surface area contributed by atoms with E-state index in [1.54, 1.807) is 25.1 Å². The number of hydrogen-bond donors (Lipinski definition) is 2. The summed E-state index contributed by atoms with van der Waals surface area (Å²) < 4.78 is 46.9. The van der Waals surface area contributed by atoms with Crippen LogP contribution in [0.15, 0.2) is 77.7 Å². The van der Waals surface area contributed by atoms with Crippen LogP contribution < -0.4 is 14.8 Å². The highest BCUT2D eigenvalue weighted by atomic mass is 32.2. The molecule has 0 bridgehead atoms. The van der Waals surface area contributed by atoms with Crippen molar-refractivity contribution in [2.24, 2.45) is 0 Å². The molecule has 0 aliphatic rings. The smallest absolute Gasteiger partial charge is 0.241 e. The maximum Gasteiger partial charge on any atom is 0.241 e. The molecule has 0 aliphatic heterocycles. The van der Waals surface area contributed by atoms with Gasteiger partial charge in [0.05, 0.1) is 12.0 Å². The molecule has 8 heteroatoms. The zero-order chi connectivity index (χ0) is 23.1. The number of carbonyl (C=O) groups excluding carboxylic acids is 1. The van der Waals surface area contributed by atoms with Crippen molar-refractivity contribution in [3.05, 3.63) is 95.3 Å². The van der Waals surface area contributed by atoms with Gasteiger partial charge < -0.3 is 10.1 Å². The van der Waals surface area contributed by atoms with E-state index in [0.29, 0.717) is 16.9 Å². The molecule has 0 radical (unpaired) electrons. The number of methoxy groups -OCH3 is 1. The van der Waals surface area contributed by atoms with Gasteiger partial charge in [-0.25, -0.2) is 12.8 Å². The molecule has 2 N–H and O–H groups in total. The number of nitrogens with one attached hydrogen (secondary N) is 2. The summed E-state index contributed by atoms with van der Waals surface area (Å²) in [5.74, 6) is -0.279. The van der Waals surface area contributed by atoms with E-state index in [4.69, 9.17) is 4.74 Å². The Bertz CT molecular complexity index is 1170. The largest absolute Gasteiger partial charge is 0.496 e. The summed E-state index contributed by atoms with van der Waals surface area (Å²) in [7, 11) is -2.47. The molecule has 0 heterocycles. The van der Waals surface area contributed by atoms with Gasteiger partial charge in [-0.1, -0.05) is 42.5 Å². The van der Waals surface area contributed by atoms with E-state index >= 15 is 0 Å². The van der Waals surface area contributed by atoms with Crippen molar-refractivity contribution in [1.82, 2.24) is 10.0 Å². The number of benzene rings is 3. The molecule has 0 aliphatic carbocycles. The Labute approximate surface area is 187 Å². The van der Waals surface area contributed by atoms with Crippen LogP contribution in [0.25, 0.3) is 0 Å². The van der Waals surface area contributed by atoms with Crippen molar-refractivity contribution in [3.8, 4) is 5.75 Å². The van der Waals surface area contributed by atoms with E-state index in [1.165, 1.54) is 31.4 Å². The van der Waals surface area contributed by atoms with Crippen LogP contribution in [-0.2, 0) is 27.8 Å². The molecule has 3 aromatic rings. The van der Waals surface area contributed by atoms with Gasteiger partial charge in [0.2, 0.25) is 15.9 Å². The number of aryl methyl sites for hydroxylation is 1. The van der Waals surface area contributed by atoms with Gasteiger partial charge in [0, 0.05) is 6.54 Å². The monoisotopic (exact) mass is 456 g/mol. The third-order valence-electron chi connectivity index (χ3n) is 4.95. The van der Waals surface area contributed by atoms with Gasteiger partial charge in [-0.3, -0.25) is 4.79 Å². The summed E-state index contributed by atoms with van der Waals surface area (Å²) in [6.07, 6.45) is 0.171. The summed E-state index contributed by atoms with van der Waals surface area (Å²) in [4.78, 5) is 13.0. The van der Waals surface area contributed by atoms with Gasteiger partial charge in [-0.05, 0) is 60.4 Å². The topological polar surface area (TPSA) is 84.5 Å². The molecule has 0 aromatic heterocycles. The van der Waals surface area contributed by atoms with Crippen LogP contribution in [0.1, 0.15) is 16.7 Å². The van der Waals surface area contributed by atoms with Gasteiger partial charge in [0.15, 0.2) is 0 Å². The van der Waals surface area contributed by atoms with Crippen LogP contribution in [0.5, 0.6) is 5.75 Å².